The highest BCUT2D eigenvalue weighted by Crippen LogP contribution is 2.37. The van der Waals surface area contributed by atoms with Gasteiger partial charge < -0.3 is 34.8 Å². The second-order valence-electron chi connectivity index (χ2n) is 11.4. The zero-order valence-corrected chi connectivity index (χ0v) is 25.7. The Labute approximate surface area is 254 Å². The van der Waals surface area contributed by atoms with Crippen molar-refractivity contribution >= 4 is 34.6 Å². The molecule has 3 heterocycles. The van der Waals surface area contributed by atoms with Gasteiger partial charge in [-0.25, -0.2) is 4.98 Å². The van der Waals surface area contributed by atoms with Crippen molar-refractivity contribution in [3.8, 4) is 17.4 Å². The molecule has 0 saturated carbocycles. The van der Waals surface area contributed by atoms with Crippen molar-refractivity contribution in [3.63, 3.8) is 0 Å². The van der Waals surface area contributed by atoms with Crippen molar-refractivity contribution in [2.45, 2.75) is 45.1 Å². The minimum absolute atomic E-state index is 0.277. The predicted molar refractivity (Wildman–Crippen MR) is 173 cm³/mol. The third-order valence-corrected chi connectivity index (χ3v) is 8.29. The maximum absolute atomic E-state index is 12.0. The molecule has 0 radical (unpaired) electrons. The summed E-state index contributed by atoms with van der Waals surface area (Å²) in [6.07, 6.45) is 8.77. The standard InChI is InChI=1S/C33H43N7O3/c1-6-31(41)35-28-21-26(12-10-23(28)2)43-32-29(40-16-8-7-9-17-40)22-34-33(37-32)36-27-13-11-25(20-30(27)42-5)39-18-14-24(15-19-39)38(3)4/h6,10-13,20-22,24H,1,7-9,14-19H2,2-5H3,(H,35,41)(H,34,36,37). The first-order valence-electron chi connectivity index (χ1n) is 15.0. The number of benzene rings is 2. The number of carbonyl (C=O) groups is 1. The Hall–Kier alpha value is -4.31. The van der Waals surface area contributed by atoms with Crippen molar-refractivity contribution in [3.05, 3.63) is 60.8 Å². The molecule has 10 nitrogen and oxygen atoms in total. The summed E-state index contributed by atoms with van der Waals surface area (Å²) in [6, 6.07) is 12.4. The van der Waals surface area contributed by atoms with Crippen LogP contribution < -0.4 is 29.9 Å². The minimum Gasteiger partial charge on any atom is -0.494 e. The van der Waals surface area contributed by atoms with Crippen LogP contribution >= 0.6 is 0 Å². The lowest BCUT2D eigenvalue weighted by Crippen LogP contribution is -2.41. The number of anilines is 5. The number of nitrogens with one attached hydrogen (secondary N) is 2. The largest absolute Gasteiger partial charge is 0.494 e. The van der Waals surface area contributed by atoms with Crippen molar-refractivity contribution < 1.29 is 14.3 Å². The summed E-state index contributed by atoms with van der Waals surface area (Å²) in [4.78, 5) is 28.4. The van der Waals surface area contributed by atoms with Crippen molar-refractivity contribution in [2.75, 3.05) is 67.8 Å². The van der Waals surface area contributed by atoms with E-state index in [9.17, 15) is 4.79 Å². The topological polar surface area (TPSA) is 95.1 Å². The van der Waals surface area contributed by atoms with Crippen LogP contribution in [-0.2, 0) is 4.79 Å². The number of nitrogens with zero attached hydrogens (tertiary/aromatic N) is 5. The summed E-state index contributed by atoms with van der Waals surface area (Å²) < 4.78 is 12.2. The fourth-order valence-corrected chi connectivity index (χ4v) is 5.68. The molecule has 2 fully saturated rings. The summed E-state index contributed by atoms with van der Waals surface area (Å²) in [5.41, 5.74) is 4.33. The normalized spacial score (nSPS) is 15.7. The van der Waals surface area contributed by atoms with Gasteiger partial charge in [-0.3, -0.25) is 4.79 Å². The summed E-state index contributed by atoms with van der Waals surface area (Å²) in [7, 11) is 5.99. The highest BCUT2D eigenvalue weighted by Gasteiger charge is 2.23. The number of rotatable bonds is 10. The van der Waals surface area contributed by atoms with Crippen LogP contribution in [0.5, 0.6) is 17.4 Å². The number of carbonyl (C=O) groups excluding carboxylic acids is 1. The number of amides is 1. The average molecular weight is 586 g/mol. The fourth-order valence-electron chi connectivity index (χ4n) is 5.68. The third-order valence-electron chi connectivity index (χ3n) is 8.29. The quantitative estimate of drug-likeness (QED) is 0.279. The number of hydrogen-bond donors (Lipinski definition) is 2. The Balaban J connectivity index is 1.39. The molecule has 0 atom stereocenters. The summed E-state index contributed by atoms with van der Waals surface area (Å²) in [6.45, 7) is 9.34. The first-order valence-corrected chi connectivity index (χ1v) is 15.0. The molecule has 2 aliphatic rings. The van der Waals surface area contributed by atoms with Gasteiger partial charge in [-0.2, -0.15) is 4.98 Å². The van der Waals surface area contributed by atoms with Crippen molar-refractivity contribution in [2.24, 2.45) is 0 Å². The SMILES string of the molecule is C=CC(=O)Nc1cc(Oc2nc(Nc3ccc(N4CCC(N(C)C)CC4)cc3OC)ncc2N2CCCCC2)ccc1C. The molecule has 10 heteroatoms. The molecule has 2 aromatic carbocycles. The highest BCUT2D eigenvalue weighted by atomic mass is 16.5. The second-order valence-corrected chi connectivity index (χ2v) is 11.4. The molecule has 2 aliphatic heterocycles. The van der Waals surface area contributed by atoms with Gasteiger partial charge in [-0.05, 0) is 83.0 Å². The predicted octanol–water partition coefficient (Wildman–Crippen LogP) is 5.97. The number of piperidine rings is 2. The van der Waals surface area contributed by atoms with Crippen LogP contribution in [0.25, 0.3) is 0 Å². The number of ether oxygens (including phenoxy) is 2. The highest BCUT2D eigenvalue weighted by molar-refractivity contribution is 5.99. The molecule has 1 aromatic heterocycles. The molecule has 43 heavy (non-hydrogen) atoms. The lowest BCUT2D eigenvalue weighted by Gasteiger charge is -2.36. The molecule has 2 saturated heterocycles. The van der Waals surface area contributed by atoms with Gasteiger partial charge in [0.25, 0.3) is 0 Å². The zero-order chi connectivity index (χ0) is 30.3. The van der Waals surface area contributed by atoms with E-state index in [2.05, 4.69) is 63.1 Å². The Bertz CT molecular complexity index is 1430. The van der Waals surface area contributed by atoms with E-state index < -0.39 is 0 Å². The molecule has 0 spiro atoms. The van der Waals surface area contributed by atoms with Gasteiger partial charge in [-0.1, -0.05) is 12.6 Å². The van der Waals surface area contributed by atoms with E-state index >= 15 is 0 Å². The summed E-state index contributed by atoms with van der Waals surface area (Å²) in [5, 5.41) is 6.19. The molecular formula is C33H43N7O3. The van der Waals surface area contributed by atoms with E-state index in [-0.39, 0.29) is 5.91 Å². The first-order chi connectivity index (χ1) is 20.8. The van der Waals surface area contributed by atoms with E-state index in [0.29, 0.717) is 29.3 Å². The maximum atomic E-state index is 12.0. The molecule has 5 rings (SSSR count). The molecule has 0 bridgehead atoms. The third kappa shape index (κ3) is 7.37. The Kier molecular flexibility index (Phi) is 9.66. The van der Waals surface area contributed by atoms with Gasteiger partial charge in [0.2, 0.25) is 17.7 Å². The van der Waals surface area contributed by atoms with Crippen LogP contribution in [0.4, 0.5) is 28.7 Å². The first kappa shape index (κ1) is 30.2. The van der Waals surface area contributed by atoms with Crippen LogP contribution in [0.15, 0.2) is 55.3 Å². The van der Waals surface area contributed by atoms with Gasteiger partial charge in [0.05, 0.1) is 19.0 Å². The number of aryl methyl sites for hydroxylation is 1. The lowest BCUT2D eigenvalue weighted by molar-refractivity contribution is -0.111. The van der Waals surface area contributed by atoms with Crippen LogP contribution in [0.1, 0.15) is 37.7 Å². The van der Waals surface area contributed by atoms with Crippen LogP contribution in [0.2, 0.25) is 0 Å². The summed E-state index contributed by atoms with van der Waals surface area (Å²) >= 11 is 0. The van der Waals surface area contributed by atoms with Crippen molar-refractivity contribution in [1.29, 1.82) is 0 Å². The second kappa shape index (κ2) is 13.8. The number of hydrogen-bond acceptors (Lipinski definition) is 9. The molecule has 2 N–H and O–H groups in total. The van der Waals surface area contributed by atoms with Gasteiger partial charge in [0, 0.05) is 55.7 Å². The van der Waals surface area contributed by atoms with E-state index in [1.54, 1.807) is 13.2 Å². The van der Waals surface area contributed by atoms with Crippen LogP contribution in [0, 0.1) is 6.92 Å². The van der Waals surface area contributed by atoms with Gasteiger partial charge in [-0.15, -0.1) is 0 Å². The van der Waals surface area contributed by atoms with Gasteiger partial charge in [0.15, 0.2) is 0 Å². The average Bonchev–Trinajstić information content (AvgIpc) is 3.03. The molecule has 1 amide bonds. The maximum Gasteiger partial charge on any atom is 0.248 e. The molecule has 228 valence electrons. The van der Waals surface area contributed by atoms with E-state index in [1.807, 2.05) is 31.3 Å². The Morgan fingerprint density at radius 1 is 1.02 bits per heavy atom. The van der Waals surface area contributed by atoms with E-state index in [4.69, 9.17) is 14.5 Å². The molecule has 3 aromatic rings. The van der Waals surface area contributed by atoms with E-state index in [0.717, 1.165) is 80.2 Å². The molecule has 0 unspecified atom stereocenters. The van der Waals surface area contributed by atoms with Crippen molar-refractivity contribution in [1.82, 2.24) is 14.9 Å². The molecular weight excluding hydrogens is 542 g/mol. The smallest absolute Gasteiger partial charge is 0.248 e. The number of methoxy groups -OCH3 is 1. The number of aromatic nitrogens is 2. The zero-order valence-electron chi connectivity index (χ0n) is 25.7. The van der Waals surface area contributed by atoms with Crippen LogP contribution in [0.3, 0.4) is 0 Å². The minimum atomic E-state index is -0.277. The Morgan fingerprint density at radius 2 is 1.79 bits per heavy atom. The van der Waals surface area contributed by atoms with Crippen LogP contribution in [-0.4, -0.2) is 74.2 Å². The van der Waals surface area contributed by atoms with Gasteiger partial charge >= 0.3 is 0 Å². The monoisotopic (exact) mass is 585 g/mol. The lowest BCUT2D eigenvalue weighted by atomic mass is 10.0. The fraction of sp³-hybridized carbons (Fsp3) is 0.424. The Morgan fingerprint density at radius 3 is 2.49 bits per heavy atom. The summed E-state index contributed by atoms with van der Waals surface area (Å²) in [5.74, 6) is 1.86. The van der Waals surface area contributed by atoms with E-state index in [1.165, 1.54) is 12.5 Å². The van der Waals surface area contributed by atoms with Gasteiger partial charge in [0.1, 0.15) is 17.2 Å². The molecule has 0 aliphatic carbocycles.